The van der Waals surface area contributed by atoms with E-state index in [-0.39, 0.29) is 0 Å². The van der Waals surface area contributed by atoms with Crippen molar-refractivity contribution in [1.29, 1.82) is 5.26 Å². The van der Waals surface area contributed by atoms with Crippen molar-refractivity contribution < 1.29 is 8.42 Å². The lowest BCUT2D eigenvalue weighted by atomic mass is 10.4. The van der Waals surface area contributed by atoms with Gasteiger partial charge in [0.25, 0.3) is 0 Å². The number of nitriles is 1. The highest BCUT2D eigenvalue weighted by Gasteiger charge is 2.18. The SMILES string of the molecule is CC(C#N)S(=O)(=O)NCCCN(C)C. The van der Waals surface area contributed by atoms with Crippen LogP contribution >= 0.6 is 0 Å². The maximum atomic E-state index is 11.3. The van der Waals surface area contributed by atoms with Gasteiger partial charge in [-0.3, -0.25) is 0 Å². The standard InChI is InChI=1S/C8H17N3O2S/c1-8(7-9)14(12,13)10-5-4-6-11(2)3/h8,10H,4-6H2,1-3H3. The van der Waals surface area contributed by atoms with E-state index in [0.717, 1.165) is 13.0 Å². The molecule has 0 aromatic heterocycles. The van der Waals surface area contributed by atoms with Crippen LogP contribution in [0.4, 0.5) is 0 Å². The molecule has 1 unspecified atom stereocenters. The Morgan fingerprint density at radius 2 is 2.07 bits per heavy atom. The smallest absolute Gasteiger partial charge is 0.227 e. The highest BCUT2D eigenvalue weighted by atomic mass is 32.2. The van der Waals surface area contributed by atoms with Crippen molar-refractivity contribution in [3.05, 3.63) is 0 Å². The molecule has 0 aromatic carbocycles. The van der Waals surface area contributed by atoms with Crippen molar-refractivity contribution >= 4 is 10.0 Å². The van der Waals surface area contributed by atoms with E-state index in [4.69, 9.17) is 5.26 Å². The lowest BCUT2D eigenvalue weighted by Crippen LogP contribution is -2.33. The third-order valence-electron chi connectivity index (χ3n) is 1.73. The van der Waals surface area contributed by atoms with Gasteiger partial charge in [-0.15, -0.1) is 0 Å². The molecular formula is C8H17N3O2S. The summed E-state index contributed by atoms with van der Waals surface area (Å²) in [6, 6.07) is 1.69. The highest BCUT2D eigenvalue weighted by molar-refractivity contribution is 7.90. The van der Waals surface area contributed by atoms with E-state index in [1.165, 1.54) is 6.92 Å². The Bertz CT molecular complexity index is 292. The number of nitrogens with zero attached hydrogens (tertiary/aromatic N) is 2. The zero-order valence-electron chi connectivity index (χ0n) is 8.82. The molecular weight excluding hydrogens is 202 g/mol. The molecule has 0 heterocycles. The van der Waals surface area contributed by atoms with E-state index >= 15 is 0 Å². The summed E-state index contributed by atoms with van der Waals surface area (Å²) in [7, 11) is 0.408. The second-order valence-electron chi connectivity index (χ2n) is 3.37. The number of nitrogens with one attached hydrogen (secondary N) is 1. The van der Waals surface area contributed by atoms with Crippen LogP contribution in [0.2, 0.25) is 0 Å². The van der Waals surface area contributed by atoms with Gasteiger partial charge in [0, 0.05) is 6.54 Å². The van der Waals surface area contributed by atoms with Gasteiger partial charge >= 0.3 is 0 Å². The second kappa shape index (κ2) is 5.96. The van der Waals surface area contributed by atoms with Crippen LogP contribution in [0.3, 0.4) is 0 Å². The van der Waals surface area contributed by atoms with Crippen molar-refractivity contribution in [3.63, 3.8) is 0 Å². The molecule has 0 rings (SSSR count). The monoisotopic (exact) mass is 219 g/mol. The Balaban J connectivity index is 3.85. The van der Waals surface area contributed by atoms with Crippen LogP contribution in [-0.2, 0) is 10.0 Å². The van der Waals surface area contributed by atoms with Crippen LogP contribution < -0.4 is 4.72 Å². The average Bonchev–Trinajstić information content (AvgIpc) is 2.10. The zero-order valence-corrected chi connectivity index (χ0v) is 9.63. The van der Waals surface area contributed by atoms with E-state index in [1.807, 2.05) is 19.0 Å². The predicted molar refractivity (Wildman–Crippen MR) is 55.2 cm³/mol. The van der Waals surface area contributed by atoms with Gasteiger partial charge in [-0.2, -0.15) is 5.26 Å². The summed E-state index contributed by atoms with van der Waals surface area (Å²) >= 11 is 0. The minimum atomic E-state index is -3.44. The van der Waals surface area contributed by atoms with E-state index in [0.29, 0.717) is 6.54 Å². The van der Waals surface area contributed by atoms with Gasteiger partial charge in [0.15, 0.2) is 5.25 Å². The van der Waals surface area contributed by atoms with Gasteiger partial charge < -0.3 is 4.90 Å². The molecule has 0 amide bonds. The molecule has 6 heteroatoms. The van der Waals surface area contributed by atoms with E-state index in [2.05, 4.69) is 4.72 Å². The van der Waals surface area contributed by atoms with Gasteiger partial charge in [0.1, 0.15) is 0 Å². The van der Waals surface area contributed by atoms with Crippen LogP contribution in [0.15, 0.2) is 0 Å². The fraction of sp³-hybridized carbons (Fsp3) is 0.875. The Kier molecular flexibility index (Phi) is 5.69. The minimum absolute atomic E-state index is 0.381. The predicted octanol–water partition coefficient (Wildman–Crippen LogP) is -0.230. The normalized spacial score (nSPS) is 13.9. The Morgan fingerprint density at radius 1 is 1.50 bits per heavy atom. The van der Waals surface area contributed by atoms with Crippen LogP contribution in [-0.4, -0.2) is 45.8 Å². The maximum Gasteiger partial charge on any atom is 0.227 e. The molecule has 0 radical (unpaired) electrons. The van der Waals surface area contributed by atoms with Crippen molar-refractivity contribution in [1.82, 2.24) is 9.62 Å². The second-order valence-corrected chi connectivity index (χ2v) is 5.45. The fourth-order valence-corrected chi connectivity index (χ4v) is 1.62. The topological polar surface area (TPSA) is 73.2 Å². The third kappa shape index (κ3) is 5.17. The molecule has 82 valence electrons. The molecule has 0 aliphatic heterocycles. The van der Waals surface area contributed by atoms with E-state index in [1.54, 1.807) is 6.07 Å². The first-order valence-corrected chi connectivity index (χ1v) is 5.97. The van der Waals surface area contributed by atoms with Crippen LogP contribution in [0.5, 0.6) is 0 Å². The first-order chi connectivity index (χ1) is 6.40. The van der Waals surface area contributed by atoms with Crippen LogP contribution in [0.1, 0.15) is 13.3 Å². The summed E-state index contributed by atoms with van der Waals surface area (Å²) in [5, 5.41) is 7.45. The summed E-state index contributed by atoms with van der Waals surface area (Å²) < 4.78 is 24.9. The van der Waals surface area contributed by atoms with Gasteiger partial charge in [-0.25, -0.2) is 13.1 Å². The Hall–Kier alpha value is -0.640. The van der Waals surface area contributed by atoms with Gasteiger partial charge in [0.2, 0.25) is 10.0 Å². The molecule has 0 fully saturated rings. The molecule has 0 saturated carbocycles. The van der Waals surface area contributed by atoms with Crippen LogP contribution in [0, 0.1) is 11.3 Å². The molecule has 0 spiro atoms. The lowest BCUT2D eigenvalue weighted by Gasteiger charge is -2.10. The molecule has 5 nitrogen and oxygen atoms in total. The average molecular weight is 219 g/mol. The summed E-state index contributed by atoms with van der Waals surface area (Å²) in [5.41, 5.74) is 0. The van der Waals surface area contributed by atoms with Gasteiger partial charge in [0.05, 0.1) is 6.07 Å². The number of rotatable bonds is 6. The molecule has 14 heavy (non-hydrogen) atoms. The molecule has 0 bridgehead atoms. The van der Waals surface area contributed by atoms with E-state index in [9.17, 15) is 8.42 Å². The first-order valence-electron chi connectivity index (χ1n) is 4.43. The molecule has 0 aliphatic rings. The van der Waals surface area contributed by atoms with E-state index < -0.39 is 15.3 Å². The number of sulfonamides is 1. The number of hydrogen-bond donors (Lipinski definition) is 1. The minimum Gasteiger partial charge on any atom is -0.309 e. The molecule has 0 aliphatic carbocycles. The first kappa shape index (κ1) is 13.4. The largest absolute Gasteiger partial charge is 0.309 e. The van der Waals surface area contributed by atoms with Crippen LogP contribution in [0.25, 0.3) is 0 Å². The molecule has 1 atom stereocenters. The molecule has 0 aromatic rings. The summed E-state index contributed by atoms with van der Waals surface area (Å²) in [5.74, 6) is 0. The molecule has 1 N–H and O–H groups in total. The summed E-state index contributed by atoms with van der Waals surface area (Å²) in [6.07, 6.45) is 0.740. The van der Waals surface area contributed by atoms with Gasteiger partial charge in [-0.05, 0) is 34.0 Å². The summed E-state index contributed by atoms with van der Waals surface area (Å²) in [4.78, 5) is 1.97. The summed E-state index contributed by atoms with van der Waals surface area (Å²) in [6.45, 7) is 2.57. The Labute approximate surface area is 85.8 Å². The van der Waals surface area contributed by atoms with Crippen molar-refractivity contribution in [2.75, 3.05) is 27.2 Å². The molecule has 0 saturated heterocycles. The van der Waals surface area contributed by atoms with Gasteiger partial charge in [-0.1, -0.05) is 0 Å². The zero-order chi connectivity index (χ0) is 11.2. The third-order valence-corrected chi connectivity index (χ3v) is 3.38. The van der Waals surface area contributed by atoms with Crippen molar-refractivity contribution in [3.8, 4) is 6.07 Å². The van der Waals surface area contributed by atoms with Crippen molar-refractivity contribution in [2.45, 2.75) is 18.6 Å². The fourth-order valence-electron chi connectivity index (χ4n) is 0.804. The Morgan fingerprint density at radius 3 is 2.50 bits per heavy atom. The lowest BCUT2D eigenvalue weighted by molar-refractivity contribution is 0.400. The van der Waals surface area contributed by atoms with Crippen molar-refractivity contribution in [2.24, 2.45) is 0 Å². The highest BCUT2D eigenvalue weighted by Crippen LogP contribution is 1.95. The maximum absolute atomic E-state index is 11.3. The number of hydrogen-bond acceptors (Lipinski definition) is 4. The quantitative estimate of drug-likeness (QED) is 0.626.